The lowest BCUT2D eigenvalue weighted by Crippen LogP contribution is -2.23. The molecule has 0 saturated heterocycles. The molecule has 1 amide bonds. The molecule has 0 aliphatic carbocycles. The third kappa shape index (κ3) is 3.61. The number of nitrogens with one attached hydrogen (secondary N) is 1. The number of halogens is 3. The van der Waals surface area contributed by atoms with Crippen molar-refractivity contribution in [1.82, 2.24) is 19.6 Å². The van der Waals surface area contributed by atoms with Crippen molar-refractivity contribution in [3.63, 3.8) is 0 Å². The van der Waals surface area contributed by atoms with E-state index in [1.54, 1.807) is 38.4 Å². The van der Waals surface area contributed by atoms with Gasteiger partial charge in [0.1, 0.15) is 5.69 Å². The van der Waals surface area contributed by atoms with Gasteiger partial charge in [-0.3, -0.25) is 19.9 Å². The van der Waals surface area contributed by atoms with Crippen LogP contribution in [0.2, 0.25) is 0 Å². The van der Waals surface area contributed by atoms with Crippen LogP contribution in [0.4, 0.5) is 13.2 Å². The van der Waals surface area contributed by atoms with Crippen molar-refractivity contribution in [3.8, 4) is 11.5 Å². The molecule has 0 radical (unpaired) electrons. The Bertz CT molecular complexity index is 1250. The number of carbonyl (C=O) groups is 1. The molecule has 3 heterocycles. The first-order chi connectivity index (χ1) is 14.2. The molecule has 0 saturated carbocycles. The Kier molecular flexibility index (Phi) is 4.73. The van der Waals surface area contributed by atoms with E-state index in [9.17, 15) is 18.0 Å². The van der Waals surface area contributed by atoms with Gasteiger partial charge in [-0.2, -0.15) is 13.2 Å². The Morgan fingerprint density at radius 2 is 1.90 bits per heavy atom. The minimum Gasteiger partial charge on any atom is -0.267 e. The third-order valence-corrected chi connectivity index (χ3v) is 4.67. The highest BCUT2D eigenvalue weighted by molar-refractivity contribution is 6.01. The molecule has 0 spiro atoms. The lowest BCUT2D eigenvalue weighted by Gasteiger charge is -2.11. The van der Waals surface area contributed by atoms with Crippen LogP contribution in [0.5, 0.6) is 0 Å². The van der Waals surface area contributed by atoms with Crippen LogP contribution >= 0.6 is 0 Å². The lowest BCUT2D eigenvalue weighted by atomic mass is 10.1. The molecule has 3 aromatic heterocycles. The van der Waals surface area contributed by atoms with Gasteiger partial charge in [-0.05, 0) is 49.7 Å². The Balaban J connectivity index is 1.63. The average molecular weight is 411 g/mol. The molecule has 9 heteroatoms. The van der Waals surface area contributed by atoms with Crippen LogP contribution in [0.1, 0.15) is 27.2 Å². The van der Waals surface area contributed by atoms with Gasteiger partial charge in [0, 0.05) is 24.0 Å². The van der Waals surface area contributed by atoms with E-state index in [4.69, 9.17) is 0 Å². The highest BCUT2D eigenvalue weighted by Gasteiger charge is 2.31. The maximum absolute atomic E-state index is 13.0. The number of pyridine rings is 1. The summed E-state index contributed by atoms with van der Waals surface area (Å²) in [5.41, 5.74) is 4.29. The topological polar surface area (TPSA) is 72.7 Å². The van der Waals surface area contributed by atoms with Crippen LogP contribution in [0.3, 0.4) is 0 Å². The summed E-state index contributed by atoms with van der Waals surface area (Å²) in [7, 11) is 0. The highest BCUT2D eigenvalue weighted by atomic mass is 19.4. The number of aromatic nitrogens is 4. The Labute approximate surface area is 169 Å². The number of nitrogens with zero attached hydrogens (tertiary/aromatic N) is 4. The molecule has 0 aliphatic heterocycles. The van der Waals surface area contributed by atoms with Crippen LogP contribution in [-0.2, 0) is 6.18 Å². The summed E-state index contributed by atoms with van der Waals surface area (Å²) in [6.45, 7) is 3.36. The van der Waals surface area contributed by atoms with Gasteiger partial charge in [-0.15, -0.1) is 0 Å². The number of hydrogen-bond donors (Lipinski definition) is 1. The molecule has 152 valence electrons. The second kappa shape index (κ2) is 7.25. The van der Waals surface area contributed by atoms with Crippen LogP contribution < -0.4 is 5.43 Å². The van der Waals surface area contributed by atoms with Crippen LogP contribution in [0.25, 0.3) is 22.4 Å². The first-order valence-corrected chi connectivity index (χ1v) is 8.99. The van der Waals surface area contributed by atoms with E-state index < -0.39 is 17.6 Å². The van der Waals surface area contributed by atoms with Gasteiger partial charge in [0.15, 0.2) is 5.82 Å². The van der Waals surface area contributed by atoms with Gasteiger partial charge < -0.3 is 0 Å². The van der Waals surface area contributed by atoms with Crippen molar-refractivity contribution in [2.45, 2.75) is 20.0 Å². The third-order valence-electron chi connectivity index (χ3n) is 4.67. The number of aryl methyl sites for hydroxylation is 2. The zero-order valence-electron chi connectivity index (χ0n) is 16.0. The number of benzene rings is 1. The minimum atomic E-state index is -4.43. The molecule has 1 N–H and O–H groups in total. The van der Waals surface area contributed by atoms with E-state index in [0.29, 0.717) is 33.7 Å². The van der Waals surface area contributed by atoms with E-state index in [1.807, 2.05) is 6.07 Å². The van der Waals surface area contributed by atoms with Crippen molar-refractivity contribution < 1.29 is 18.0 Å². The maximum atomic E-state index is 13.0. The Hall–Kier alpha value is -3.75. The van der Waals surface area contributed by atoms with Crippen molar-refractivity contribution >= 4 is 16.8 Å². The first-order valence-electron chi connectivity index (χ1n) is 8.99. The molecule has 1 aromatic carbocycles. The van der Waals surface area contributed by atoms with E-state index >= 15 is 0 Å². The smallest absolute Gasteiger partial charge is 0.267 e. The van der Waals surface area contributed by atoms with E-state index in [0.717, 1.165) is 12.1 Å². The second-order valence-electron chi connectivity index (χ2n) is 6.76. The molecule has 0 unspecified atom stereocenters. The van der Waals surface area contributed by atoms with Gasteiger partial charge in [0.2, 0.25) is 0 Å². The van der Waals surface area contributed by atoms with Crippen molar-refractivity contribution in [3.05, 3.63) is 77.4 Å². The molecular formula is C21H16F3N5O. The van der Waals surface area contributed by atoms with Crippen LogP contribution in [0.15, 0.2) is 55.0 Å². The fourth-order valence-corrected chi connectivity index (χ4v) is 3.14. The van der Waals surface area contributed by atoms with Crippen molar-refractivity contribution in [2.24, 2.45) is 0 Å². The van der Waals surface area contributed by atoms with Gasteiger partial charge in [-0.1, -0.05) is 6.07 Å². The SMILES string of the molecule is Cc1nc(-c2ccccn2)ncc1C(=O)Nn1cc(C)c2cc(C(F)(F)F)ccc21. The Morgan fingerprint density at radius 1 is 1.10 bits per heavy atom. The van der Waals surface area contributed by atoms with Gasteiger partial charge >= 0.3 is 6.18 Å². The summed E-state index contributed by atoms with van der Waals surface area (Å²) >= 11 is 0. The zero-order chi connectivity index (χ0) is 21.5. The largest absolute Gasteiger partial charge is 0.416 e. The maximum Gasteiger partial charge on any atom is 0.416 e. The fourth-order valence-electron chi connectivity index (χ4n) is 3.14. The molecule has 0 fully saturated rings. The van der Waals surface area contributed by atoms with Crippen molar-refractivity contribution in [2.75, 3.05) is 5.43 Å². The summed E-state index contributed by atoms with van der Waals surface area (Å²) in [6, 6.07) is 8.74. The molecule has 30 heavy (non-hydrogen) atoms. The molecule has 0 aliphatic rings. The number of rotatable bonds is 3. The second-order valence-corrected chi connectivity index (χ2v) is 6.76. The summed E-state index contributed by atoms with van der Waals surface area (Å²) in [5.74, 6) is -0.0801. The van der Waals surface area contributed by atoms with E-state index in [-0.39, 0.29) is 5.56 Å². The Morgan fingerprint density at radius 3 is 2.57 bits per heavy atom. The monoisotopic (exact) mass is 411 g/mol. The van der Waals surface area contributed by atoms with Crippen LogP contribution in [-0.4, -0.2) is 25.5 Å². The molecule has 4 aromatic rings. The summed E-state index contributed by atoms with van der Waals surface area (Å²) in [4.78, 5) is 25.5. The summed E-state index contributed by atoms with van der Waals surface area (Å²) in [6.07, 6.45) is 0.164. The predicted octanol–water partition coefficient (Wildman–Crippen LogP) is 4.51. The minimum absolute atomic E-state index is 0.251. The summed E-state index contributed by atoms with van der Waals surface area (Å²) < 4.78 is 40.4. The molecule has 0 bridgehead atoms. The lowest BCUT2D eigenvalue weighted by molar-refractivity contribution is -0.137. The molecule has 6 nitrogen and oxygen atoms in total. The van der Waals surface area contributed by atoms with E-state index in [1.165, 1.54) is 16.9 Å². The van der Waals surface area contributed by atoms with Gasteiger partial charge in [-0.25, -0.2) is 9.97 Å². The number of carbonyl (C=O) groups excluding carboxylic acids is 1. The van der Waals surface area contributed by atoms with E-state index in [2.05, 4.69) is 20.4 Å². The number of hydrogen-bond acceptors (Lipinski definition) is 4. The molecular weight excluding hydrogens is 395 g/mol. The van der Waals surface area contributed by atoms with Gasteiger partial charge in [0.05, 0.1) is 22.3 Å². The molecule has 0 atom stereocenters. The fraction of sp³-hybridized carbons (Fsp3) is 0.143. The number of alkyl halides is 3. The first kappa shape index (κ1) is 19.6. The number of fused-ring (bicyclic) bond motifs is 1. The normalized spacial score (nSPS) is 11.6. The zero-order valence-corrected chi connectivity index (χ0v) is 16.0. The average Bonchev–Trinajstić information content (AvgIpc) is 3.02. The van der Waals surface area contributed by atoms with Gasteiger partial charge in [0.25, 0.3) is 5.91 Å². The highest BCUT2D eigenvalue weighted by Crippen LogP contribution is 2.32. The van der Waals surface area contributed by atoms with Crippen molar-refractivity contribution in [1.29, 1.82) is 0 Å². The molecule has 4 rings (SSSR count). The number of amides is 1. The predicted molar refractivity (Wildman–Crippen MR) is 105 cm³/mol. The standard InChI is InChI=1S/C21H16F3N5O/c1-12-11-29(18-7-6-14(9-15(12)18)21(22,23)24)28-20(30)16-10-26-19(27-13(16)2)17-5-3-4-8-25-17/h3-11H,1-2H3,(H,28,30). The quantitative estimate of drug-likeness (QED) is 0.538. The van der Waals surface area contributed by atoms with Crippen LogP contribution in [0, 0.1) is 13.8 Å². The summed E-state index contributed by atoms with van der Waals surface area (Å²) in [5, 5.41) is 0.406.